The third kappa shape index (κ3) is 5.16. The smallest absolute Gasteiger partial charge is 0.257 e. The second-order valence-electron chi connectivity index (χ2n) is 7.61. The van der Waals surface area contributed by atoms with Gasteiger partial charge in [0.2, 0.25) is 5.75 Å². The number of carbonyl (C=O) groups is 1. The second kappa shape index (κ2) is 10.2. The van der Waals surface area contributed by atoms with Crippen LogP contribution in [0.1, 0.15) is 15.9 Å². The maximum absolute atomic E-state index is 12.8. The molecule has 180 valence electrons. The summed E-state index contributed by atoms with van der Waals surface area (Å²) in [6.45, 7) is 1.94. The van der Waals surface area contributed by atoms with Gasteiger partial charge in [-0.25, -0.2) is 4.98 Å². The van der Waals surface area contributed by atoms with Crippen molar-refractivity contribution in [1.29, 1.82) is 0 Å². The fourth-order valence-electron chi connectivity index (χ4n) is 3.57. The van der Waals surface area contributed by atoms with Crippen LogP contribution in [0.25, 0.3) is 22.4 Å². The summed E-state index contributed by atoms with van der Waals surface area (Å²) < 4.78 is 15.9. The van der Waals surface area contributed by atoms with Crippen LogP contribution in [0.3, 0.4) is 0 Å². The van der Waals surface area contributed by atoms with Gasteiger partial charge in [0, 0.05) is 21.8 Å². The molecule has 3 aromatic carbocycles. The lowest BCUT2D eigenvalue weighted by Crippen LogP contribution is -2.34. The SMILES string of the molecule is COc1cc(C(=O)NC(=S)Nc2cccc(-c3nc4cc(Cl)c(C)cc4[nH]3)c2)cc(OC)c1OC. The first-order chi connectivity index (χ1) is 16.8. The van der Waals surface area contributed by atoms with Crippen molar-refractivity contribution in [3.05, 3.63) is 64.7 Å². The van der Waals surface area contributed by atoms with Crippen molar-refractivity contribution in [3.8, 4) is 28.6 Å². The van der Waals surface area contributed by atoms with Gasteiger partial charge in [0.25, 0.3) is 5.91 Å². The predicted molar refractivity (Wildman–Crippen MR) is 141 cm³/mol. The Labute approximate surface area is 212 Å². The van der Waals surface area contributed by atoms with Gasteiger partial charge >= 0.3 is 0 Å². The van der Waals surface area contributed by atoms with Gasteiger partial charge in [-0.2, -0.15) is 0 Å². The van der Waals surface area contributed by atoms with Gasteiger partial charge in [0.1, 0.15) is 5.82 Å². The van der Waals surface area contributed by atoms with Crippen LogP contribution in [0.5, 0.6) is 17.2 Å². The molecular weight excluding hydrogens is 488 g/mol. The predicted octanol–water partition coefficient (Wildman–Crippen LogP) is 5.34. The van der Waals surface area contributed by atoms with E-state index in [1.807, 2.05) is 43.3 Å². The summed E-state index contributed by atoms with van der Waals surface area (Å²) in [4.78, 5) is 20.8. The largest absolute Gasteiger partial charge is 0.493 e. The number of benzene rings is 3. The first kappa shape index (κ1) is 24.3. The number of fused-ring (bicyclic) bond motifs is 1. The number of halogens is 1. The van der Waals surface area contributed by atoms with Crippen LogP contribution in [0.15, 0.2) is 48.5 Å². The Hall–Kier alpha value is -3.82. The van der Waals surface area contributed by atoms with Crippen LogP contribution >= 0.6 is 23.8 Å². The van der Waals surface area contributed by atoms with E-state index in [4.69, 9.17) is 38.0 Å². The highest BCUT2D eigenvalue weighted by atomic mass is 35.5. The minimum absolute atomic E-state index is 0.132. The molecule has 0 saturated heterocycles. The summed E-state index contributed by atoms with van der Waals surface area (Å²) in [7, 11) is 4.46. The van der Waals surface area contributed by atoms with Gasteiger partial charge in [-0.05, 0) is 61.1 Å². The number of amides is 1. The molecule has 0 aliphatic carbocycles. The summed E-state index contributed by atoms with van der Waals surface area (Å²) in [5.41, 5.74) is 4.48. The van der Waals surface area contributed by atoms with Crippen LogP contribution in [0.2, 0.25) is 5.02 Å². The number of H-pyrrole nitrogens is 1. The van der Waals surface area contributed by atoms with Crippen molar-refractivity contribution >= 4 is 51.6 Å². The molecule has 0 spiro atoms. The van der Waals surface area contributed by atoms with Crippen LogP contribution < -0.4 is 24.8 Å². The molecule has 0 saturated carbocycles. The second-order valence-corrected chi connectivity index (χ2v) is 8.42. The minimum Gasteiger partial charge on any atom is -0.493 e. The summed E-state index contributed by atoms with van der Waals surface area (Å²) in [6, 6.07) is 14.4. The van der Waals surface area contributed by atoms with Gasteiger partial charge in [-0.3, -0.25) is 10.1 Å². The van der Waals surface area contributed by atoms with E-state index in [1.165, 1.54) is 21.3 Å². The average molecular weight is 511 g/mol. The number of imidazole rings is 1. The zero-order valence-corrected chi connectivity index (χ0v) is 21.1. The molecule has 4 aromatic rings. The van der Waals surface area contributed by atoms with E-state index in [-0.39, 0.29) is 5.11 Å². The van der Waals surface area contributed by atoms with Crippen LogP contribution in [-0.4, -0.2) is 42.3 Å². The number of nitrogens with zero attached hydrogens (tertiary/aromatic N) is 1. The molecule has 1 heterocycles. The maximum atomic E-state index is 12.8. The Morgan fingerprint density at radius 2 is 1.74 bits per heavy atom. The Morgan fingerprint density at radius 1 is 1.03 bits per heavy atom. The average Bonchev–Trinajstić information content (AvgIpc) is 3.25. The van der Waals surface area contributed by atoms with Crippen molar-refractivity contribution in [2.45, 2.75) is 6.92 Å². The summed E-state index contributed by atoms with van der Waals surface area (Å²) in [5.74, 6) is 1.39. The van der Waals surface area contributed by atoms with E-state index >= 15 is 0 Å². The summed E-state index contributed by atoms with van der Waals surface area (Å²) in [5, 5.41) is 6.50. The molecule has 1 aromatic heterocycles. The van der Waals surface area contributed by atoms with Gasteiger partial charge in [-0.1, -0.05) is 23.7 Å². The highest BCUT2D eigenvalue weighted by molar-refractivity contribution is 7.80. The molecule has 0 fully saturated rings. The van der Waals surface area contributed by atoms with E-state index in [2.05, 4.69) is 20.6 Å². The number of ether oxygens (including phenoxy) is 3. The third-order valence-corrected chi connectivity index (χ3v) is 5.92. The number of rotatable bonds is 6. The fourth-order valence-corrected chi connectivity index (χ4v) is 3.94. The number of aromatic nitrogens is 2. The topological polar surface area (TPSA) is 97.5 Å². The van der Waals surface area contributed by atoms with Crippen LogP contribution in [0.4, 0.5) is 5.69 Å². The number of aryl methyl sites for hydroxylation is 1. The Kier molecular flexibility index (Phi) is 7.09. The number of methoxy groups -OCH3 is 3. The molecule has 0 bridgehead atoms. The number of hydrogen-bond donors (Lipinski definition) is 3. The number of anilines is 1. The van der Waals surface area contributed by atoms with E-state index in [0.29, 0.717) is 39.3 Å². The van der Waals surface area contributed by atoms with Gasteiger partial charge in [0.15, 0.2) is 16.6 Å². The molecule has 3 N–H and O–H groups in total. The van der Waals surface area contributed by atoms with E-state index in [1.54, 1.807) is 12.1 Å². The van der Waals surface area contributed by atoms with Crippen molar-refractivity contribution in [3.63, 3.8) is 0 Å². The minimum atomic E-state index is -0.428. The van der Waals surface area contributed by atoms with E-state index in [9.17, 15) is 4.79 Å². The number of carbonyl (C=O) groups excluding carboxylic acids is 1. The van der Waals surface area contributed by atoms with Crippen molar-refractivity contribution in [2.75, 3.05) is 26.6 Å². The number of nitrogens with one attached hydrogen (secondary N) is 3. The highest BCUT2D eigenvalue weighted by Crippen LogP contribution is 2.38. The number of thiocarbonyl (C=S) groups is 1. The van der Waals surface area contributed by atoms with Gasteiger partial charge < -0.3 is 24.5 Å². The van der Waals surface area contributed by atoms with Crippen molar-refractivity contribution in [2.24, 2.45) is 0 Å². The fraction of sp³-hybridized carbons (Fsp3) is 0.160. The Morgan fingerprint density at radius 3 is 2.40 bits per heavy atom. The monoisotopic (exact) mass is 510 g/mol. The standard InChI is InChI=1S/C25H23ClN4O4S/c1-13-8-18-19(12-17(13)26)29-23(28-18)14-6-5-7-16(9-14)27-25(35)30-24(31)15-10-20(32-2)22(34-4)21(11-15)33-3/h5-12H,1-4H3,(H,28,29)(H2,27,30,31,35). The maximum Gasteiger partial charge on any atom is 0.257 e. The molecule has 0 unspecified atom stereocenters. The number of aromatic amines is 1. The first-order valence-corrected chi connectivity index (χ1v) is 11.3. The Balaban J connectivity index is 1.50. The molecule has 1 amide bonds. The van der Waals surface area contributed by atoms with Gasteiger partial charge in [0.05, 0.1) is 32.4 Å². The molecule has 0 aliphatic heterocycles. The molecule has 8 nitrogen and oxygen atoms in total. The lowest BCUT2D eigenvalue weighted by Gasteiger charge is -2.15. The summed E-state index contributed by atoms with van der Waals surface area (Å²) in [6.07, 6.45) is 0. The van der Waals surface area contributed by atoms with Crippen molar-refractivity contribution in [1.82, 2.24) is 15.3 Å². The molecular formula is C25H23ClN4O4S. The lowest BCUT2D eigenvalue weighted by molar-refractivity contribution is 0.0977. The highest BCUT2D eigenvalue weighted by Gasteiger charge is 2.18. The van der Waals surface area contributed by atoms with Gasteiger partial charge in [-0.15, -0.1) is 0 Å². The molecule has 0 atom stereocenters. The molecule has 35 heavy (non-hydrogen) atoms. The molecule has 4 rings (SSSR count). The Bertz CT molecular complexity index is 1370. The third-order valence-electron chi connectivity index (χ3n) is 5.31. The quantitative estimate of drug-likeness (QED) is 0.301. The molecule has 10 heteroatoms. The normalized spacial score (nSPS) is 10.7. The number of hydrogen-bond acceptors (Lipinski definition) is 6. The van der Waals surface area contributed by atoms with E-state index in [0.717, 1.165) is 22.2 Å². The lowest BCUT2D eigenvalue weighted by atomic mass is 10.1. The molecule has 0 aliphatic rings. The van der Waals surface area contributed by atoms with Crippen molar-refractivity contribution < 1.29 is 19.0 Å². The zero-order chi connectivity index (χ0) is 25.1. The van der Waals surface area contributed by atoms with Crippen LogP contribution in [-0.2, 0) is 0 Å². The van der Waals surface area contributed by atoms with Crippen LogP contribution in [0, 0.1) is 6.92 Å². The molecule has 0 radical (unpaired) electrons. The zero-order valence-electron chi connectivity index (χ0n) is 19.5. The first-order valence-electron chi connectivity index (χ1n) is 10.5. The summed E-state index contributed by atoms with van der Waals surface area (Å²) >= 11 is 11.6. The van der Waals surface area contributed by atoms with E-state index < -0.39 is 5.91 Å².